The summed E-state index contributed by atoms with van der Waals surface area (Å²) in [7, 11) is 0. The molecule has 0 spiro atoms. The Morgan fingerprint density at radius 1 is 1.33 bits per heavy atom. The van der Waals surface area contributed by atoms with E-state index in [2.05, 4.69) is 39.3 Å². The zero-order chi connectivity index (χ0) is 17.2. The first-order chi connectivity index (χ1) is 11.6. The van der Waals surface area contributed by atoms with Crippen LogP contribution in [0.3, 0.4) is 0 Å². The van der Waals surface area contributed by atoms with Gasteiger partial charge in [-0.15, -0.1) is 0 Å². The van der Waals surface area contributed by atoms with Gasteiger partial charge in [0.25, 0.3) is 0 Å². The number of ether oxygens (including phenoxy) is 1. The van der Waals surface area contributed by atoms with Crippen LogP contribution in [0.4, 0.5) is 10.7 Å². The third kappa shape index (κ3) is 6.70. The van der Waals surface area contributed by atoms with E-state index in [1.807, 2.05) is 6.07 Å². The number of urea groups is 1. The minimum atomic E-state index is -0.0896. The predicted molar refractivity (Wildman–Crippen MR) is 94.1 cm³/mol. The average Bonchev–Trinajstić information content (AvgIpc) is 2.59. The summed E-state index contributed by atoms with van der Waals surface area (Å²) < 4.78 is 5.49. The maximum absolute atomic E-state index is 11.9. The number of hydrogen-bond acceptors (Lipinski definition) is 5. The maximum atomic E-state index is 11.9. The van der Waals surface area contributed by atoms with Crippen LogP contribution < -0.4 is 15.5 Å². The molecule has 0 radical (unpaired) electrons. The molecule has 134 valence electrons. The number of rotatable bonds is 8. The van der Waals surface area contributed by atoms with Gasteiger partial charge in [0.1, 0.15) is 0 Å². The Bertz CT molecular complexity index is 475. The molecule has 7 nitrogen and oxygen atoms in total. The van der Waals surface area contributed by atoms with Gasteiger partial charge in [-0.1, -0.05) is 13.8 Å². The fourth-order valence-corrected chi connectivity index (χ4v) is 2.61. The highest BCUT2D eigenvalue weighted by Crippen LogP contribution is 2.15. The van der Waals surface area contributed by atoms with Crippen molar-refractivity contribution in [1.29, 1.82) is 0 Å². The molecule has 1 fully saturated rings. The molecule has 0 aromatic carbocycles. The minimum Gasteiger partial charge on any atom is -0.381 e. The van der Waals surface area contributed by atoms with E-state index in [9.17, 15) is 4.79 Å². The summed E-state index contributed by atoms with van der Waals surface area (Å²) >= 11 is 0. The van der Waals surface area contributed by atoms with Crippen molar-refractivity contribution in [3.05, 3.63) is 18.5 Å². The Labute approximate surface area is 144 Å². The molecule has 0 bridgehead atoms. The standard InChI is InChI=1S/C17H29N5O2/c1-14(2)13-24-12-4-9-20-17(23)21-15-5-10-22(11-6-15)16-18-7-3-8-19-16/h3,7-8,14-15H,4-6,9-13H2,1-2H3,(H2,20,21,23). The summed E-state index contributed by atoms with van der Waals surface area (Å²) in [5.41, 5.74) is 0. The van der Waals surface area contributed by atoms with E-state index in [0.717, 1.165) is 44.9 Å². The zero-order valence-corrected chi connectivity index (χ0v) is 14.7. The SMILES string of the molecule is CC(C)COCCCNC(=O)NC1CCN(c2ncccn2)CC1. The van der Waals surface area contributed by atoms with Crippen molar-refractivity contribution in [2.45, 2.75) is 39.2 Å². The molecule has 24 heavy (non-hydrogen) atoms. The normalized spacial score (nSPS) is 15.5. The summed E-state index contributed by atoms with van der Waals surface area (Å²) in [5.74, 6) is 1.32. The molecule has 2 heterocycles. The molecule has 1 aromatic heterocycles. The number of anilines is 1. The van der Waals surface area contributed by atoms with Crippen LogP contribution in [0.15, 0.2) is 18.5 Å². The van der Waals surface area contributed by atoms with Crippen LogP contribution in [0.1, 0.15) is 33.1 Å². The Hall–Kier alpha value is -1.89. The second-order valence-electron chi connectivity index (χ2n) is 6.53. The van der Waals surface area contributed by atoms with E-state index in [4.69, 9.17) is 4.74 Å². The lowest BCUT2D eigenvalue weighted by molar-refractivity contribution is 0.108. The van der Waals surface area contributed by atoms with Gasteiger partial charge in [0.05, 0.1) is 0 Å². The molecule has 2 amide bonds. The van der Waals surface area contributed by atoms with E-state index < -0.39 is 0 Å². The van der Waals surface area contributed by atoms with Crippen LogP contribution in [0.2, 0.25) is 0 Å². The van der Waals surface area contributed by atoms with Crippen LogP contribution >= 0.6 is 0 Å². The lowest BCUT2D eigenvalue weighted by Gasteiger charge is -2.32. The molecular formula is C17H29N5O2. The third-order valence-electron chi connectivity index (χ3n) is 3.87. The topological polar surface area (TPSA) is 79.4 Å². The van der Waals surface area contributed by atoms with Crippen molar-refractivity contribution in [2.24, 2.45) is 5.92 Å². The number of aromatic nitrogens is 2. The molecular weight excluding hydrogens is 306 g/mol. The first-order valence-corrected chi connectivity index (χ1v) is 8.79. The Morgan fingerprint density at radius 2 is 2.04 bits per heavy atom. The first kappa shape index (κ1) is 18.4. The van der Waals surface area contributed by atoms with E-state index in [-0.39, 0.29) is 12.1 Å². The maximum Gasteiger partial charge on any atom is 0.315 e. The molecule has 0 atom stereocenters. The summed E-state index contributed by atoms with van der Waals surface area (Å²) in [4.78, 5) is 22.6. The third-order valence-corrected chi connectivity index (χ3v) is 3.87. The van der Waals surface area contributed by atoms with E-state index in [1.165, 1.54) is 0 Å². The molecule has 7 heteroatoms. The summed E-state index contributed by atoms with van der Waals surface area (Å²) in [5, 5.41) is 5.93. The average molecular weight is 335 g/mol. The predicted octanol–water partition coefficient (Wildman–Crippen LogP) is 1.81. The molecule has 0 saturated carbocycles. The molecule has 1 aliphatic rings. The minimum absolute atomic E-state index is 0.0896. The van der Waals surface area contributed by atoms with Gasteiger partial charge >= 0.3 is 6.03 Å². The Morgan fingerprint density at radius 3 is 2.71 bits per heavy atom. The lowest BCUT2D eigenvalue weighted by atomic mass is 10.1. The number of carbonyl (C=O) groups excluding carboxylic acids is 1. The summed E-state index contributed by atoms with van der Waals surface area (Å²) in [6.07, 6.45) is 6.16. The lowest BCUT2D eigenvalue weighted by Crippen LogP contribution is -2.48. The highest BCUT2D eigenvalue weighted by atomic mass is 16.5. The van der Waals surface area contributed by atoms with Crippen LogP contribution in [0.5, 0.6) is 0 Å². The van der Waals surface area contributed by atoms with Crippen LogP contribution in [-0.4, -0.2) is 54.9 Å². The quantitative estimate of drug-likeness (QED) is 0.708. The summed E-state index contributed by atoms with van der Waals surface area (Å²) in [6.45, 7) is 8.07. The van der Waals surface area contributed by atoms with Crippen molar-refractivity contribution in [3.8, 4) is 0 Å². The number of carbonyl (C=O) groups is 1. The number of nitrogens with zero attached hydrogens (tertiary/aromatic N) is 3. The Balaban J connectivity index is 1.56. The van der Waals surface area contributed by atoms with Gasteiger partial charge < -0.3 is 20.3 Å². The van der Waals surface area contributed by atoms with Crippen LogP contribution in [0.25, 0.3) is 0 Å². The number of piperidine rings is 1. The molecule has 1 aliphatic heterocycles. The summed E-state index contributed by atoms with van der Waals surface area (Å²) in [6, 6.07) is 1.94. The molecule has 2 rings (SSSR count). The van der Waals surface area contributed by atoms with Crippen molar-refractivity contribution >= 4 is 12.0 Å². The van der Waals surface area contributed by atoms with Gasteiger partial charge in [0, 0.05) is 51.3 Å². The molecule has 2 N–H and O–H groups in total. The Kier molecular flexibility index (Phi) is 7.74. The molecule has 0 aliphatic carbocycles. The van der Waals surface area contributed by atoms with Crippen molar-refractivity contribution in [2.75, 3.05) is 37.7 Å². The zero-order valence-electron chi connectivity index (χ0n) is 14.7. The van der Waals surface area contributed by atoms with E-state index in [0.29, 0.717) is 19.1 Å². The van der Waals surface area contributed by atoms with Gasteiger partial charge in [-0.3, -0.25) is 0 Å². The molecule has 1 aromatic rings. The second kappa shape index (κ2) is 10.1. The molecule has 1 saturated heterocycles. The number of amides is 2. The van der Waals surface area contributed by atoms with Gasteiger partial charge in [-0.05, 0) is 31.2 Å². The van der Waals surface area contributed by atoms with E-state index >= 15 is 0 Å². The van der Waals surface area contributed by atoms with Gasteiger partial charge in [-0.25, -0.2) is 14.8 Å². The number of hydrogen-bond donors (Lipinski definition) is 2. The number of nitrogens with one attached hydrogen (secondary N) is 2. The van der Waals surface area contributed by atoms with Crippen LogP contribution in [0, 0.1) is 5.92 Å². The van der Waals surface area contributed by atoms with Crippen molar-refractivity contribution in [1.82, 2.24) is 20.6 Å². The monoisotopic (exact) mass is 335 g/mol. The largest absolute Gasteiger partial charge is 0.381 e. The highest BCUT2D eigenvalue weighted by Gasteiger charge is 2.21. The van der Waals surface area contributed by atoms with Gasteiger partial charge in [0.15, 0.2) is 0 Å². The highest BCUT2D eigenvalue weighted by molar-refractivity contribution is 5.74. The fourth-order valence-electron chi connectivity index (χ4n) is 2.61. The fraction of sp³-hybridized carbons (Fsp3) is 0.706. The van der Waals surface area contributed by atoms with Crippen molar-refractivity contribution < 1.29 is 9.53 Å². The first-order valence-electron chi connectivity index (χ1n) is 8.79. The molecule has 0 unspecified atom stereocenters. The van der Waals surface area contributed by atoms with Gasteiger partial charge in [-0.2, -0.15) is 0 Å². The second-order valence-corrected chi connectivity index (χ2v) is 6.53. The van der Waals surface area contributed by atoms with Gasteiger partial charge in [0.2, 0.25) is 5.95 Å². The van der Waals surface area contributed by atoms with Crippen LogP contribution in [-0.2, 0) is 4.74 Å². The van der Waals surface area contributed by atoms with Crippen molar-refractivity contribution in [3.63, 3.8) is 0 Å². The van der Waals surface area contributed by atoms with E-state index in [1.54, 1.807) is 12.4 Å². The smallest absolute Gasteiger partial charge is 0.315 e.